The van der Waals surface area contributed by atoms with E-state index in [1.807, 2.05) is 0 Å². The van der Waals surface area contributed by atoms with Gasteiger partial charge >= 0.3 is 6.18 Å². The minimum Gasteiger partial charge on any atom is -0.364 e. The smallest absolute Gasteiger partial charge is 0.364 e. The maximum atomic E-state index is 13.1. The number of halogens is 3. The predicted molar refractivity (Wildman–Crippen MR) is 101 cm³/mol. The minimum absolute atomic E-state index is 0.149. The Morgan fingerprint density at radius 1 is 1.10 bits per heavy atom. The molecule has 1 aromatic carbocycles. The summed E-state index contributed by atoms with van der Waals surface area (Å²) in [6, 6.07) is 6.92. The predicted octanol–water partition coefficient (Wildman–Crippen LogP) is 2.79. The van der Waals surface area contributed by atoms with Gasteiger partial charge in [0.25, 0.3) is 5.91 Å². The van der Waals surface area contributed by atoms with Gasteiger partial charge in [-0.3, -0.25) is 4.79 Å². The summed E-state index contributed by atoms with van der Waals surface area (Å²) in [5.74, 6) is 0.0799. The van der Waals surface area contributed by atoms with Crippen LogP contribution in [0.5, 0.6) is 0 Å². The van der Waals surface area contributed by atoms with Crippen molar-refractivity contribution < 1.29 is 18.0 Å². The van der Waals surface area contributed by atoms with Crippen LogP contribution in [-0.4, -0.2) is 54.9 Å². The van der Waals surface area contributed by atoms with E-state index in [2.05, 4.69) is 25.5 Å². The van der Waals surface area contributed by atoms with Crippen molar-refractivity contribution in [2.45, 2.75) is 25.1 Å². The lowest BCUT2D eigenvalue weighted by Gasteiger charge is -2.33. The first-order valence-electron chi connectivity index (χ1n) is 9.32. The van der Waals surface area contributed by atoms with Crippen LogP contribution in [0.2, 0.25) is 0 Å². The maximum Gasteiger partial charge on any atom is 0.434 e. The number of nitrogens with one attached hydrogen (secondary N) is 1. The second-order valence-electron chi connectivity index (χ2n) is 6.85. The SMILES string of the molecule is O=C(c1ccccc1-n1nccn1)N1CCC[C@@H](Nc2cnc(C(F)(F)F)cn2)C1. The molecule has 2 aromatic heterocycles. The molecule has 1 fully saturated rings. The van der Waals surface area contributed by atoms with Crippen LogP contribution in [0, 0.1) is 0 Å². The van der Waals surface area contributed by atoms with Crippen molar-refractivity contribution >= 4 is 11.7 Å². The van der Waals surface area contributed by atoms with E-state index < -0.39 is 11.9 Å². The monoisotopic (exact) mass is 417 g/mol. The van der Waals surface area contributed by atoms with Gasteiger partial charge in [0.1, 0.15) is 5.82 Å². The fraction of sp³-hybridized carbons (Fsp3) is 0.316. The van der Waals surface area contributed by atoms with E-state index in [0.717, 1.165) is 19.0 Å². The van der Waals surface area contributed by atoms with E-state index in [0.29, 0.717) is 30.5 Å². The molecule has 4 rings (SSSR count). The van der Waals surface area contributed by atoms with Crippen molar-refractivity contribution in [3.63, 3.8) is 0 Å². The molecule has 11 heteroatoms. The highest BCUT2D eigenvalue weighted by Crippen LogP contribution is 2.27. The Labute approximate surface area is 169 Å². The van der Waals surface area contributed by atoms with Gasteiger partial charge in [0.05, 0.1) is 36.0 Å². The first-order valence-corrected chi connectivity index (χ1v) is 9.32. The zero-order valence-electron chi connectivity index (χ0n) is 15.8. The molecule has 0 radical (unpaired) electrons. The molecule has 1 amide bonds. The second kappa shape index (κ2) is 8.09. The summed E-state index contributed by atoms with van der Waals surface area (Å²) in [7, 11) is 0. The van der Waals surface area contributed by atoms with E-state index in [1.54, 1.807) is 29.2 Å². The standard InChI is InChI=1S/C19H18F3N7O/c20-19(21,22)16-10-24-17(11-23-16)27-13-4-3-9-28(12-13)18(30)14-5-1-2-6-15(14)29-25-7-8-26-29/h1-2,5-8,10-11,13H,3-4,9,12H2,(H,24,27)/t13-/m1/s1. The average Bonchev–Trinajstić information content (AvgIpc) is 3.28. The lowest BCUT2D eigenvalue weighted by molar-refractivity contribution is -0.141. The van der Waals surface area contributed by atoms with Crippen molar-refractivity contribution in [3.05, 3.63) is 60.3 Å². The summed E-state index contributed by atoms with van der Waals surface area (Å²) < 4.78 is 37.9. The number of amides is 1. The highest BCUT2D eigenvalue weighted by Gasteiger charge is 2.33. The van der Waals surface area contributed by atoms with Crippen LogP contribution in [0.15, 0.2) is 49.1 Å². The van der Waals surface area contributed by atoms with Crippen molar-refractivity contribution in [1.82, 2.24) is 29.9 Å². The molecule has 0 spiro atoms. The Kier molecular flexibility index (Phi) is 5.34. The molecule has 156 valence electrons. The molecule has 0 aliphatic carbocycles. The van der Waals surface area contributed by atoms with Gasteiger partial charge in [-0.1, -0.05) is 12.1 Å². The minimum atomic E-state index is -4.53. The Bertz CT molecular complexity index is 1010. The molecule has 1 aliphatic rings. The number of carbonyl (C=O) groups is 1. The van der Waals surface area contributed by atoms with Gasteiger partial charge in [-0.2, -0.15) is 28.2 Å². The largest absolute Gasteiger partial charge is 0.434 e. The van der Waals surface area contributed by atoms with Gasteiger partial charge in [-0.05, 0) is 25.0 Å². The van der Waals surface area contributed by atoms with Crippen LogP contribution in [-0.2, 0) is 6.18 Å². The quantitative estimate of drug-likeness (QED) is 0.702. The topological polar surface area (TPSA) is 88.8 Å². The third-order valence-electron chi connectivity index (χ3n) is 4.77. The summed E-state index contributed by atoms with van der Waals surface area (Å²) in [5.41, 5.74) is 0.0113. The summed E-state index contributed by atoms with van der Waals surface area (Å²) in [6.07, 6.45) is 1.80. The Morgan fingerprint density at radius 2 is 1.87 bits per heavy atom. The van der Waals surface area contributed by atoms with Crippen LogP contribution in [0.3, 0.4) is 0 Å². The van der Waals surface area contributed by atoms with Gasteiger partial charge in [-0.25, -0.2) is 9.97 Å². The van der Waals surface area contributed by atoms with E-state index in [9.17, 15) is 18.0 Å². The molecule has 3 heterocycles. The number of alkyl halides is 3. The van der Waals surface area contributed by atoms with Crippen LogP contribution >= 0.6 is 0 Å². The molecule has 0 bridgehead atoms. The first-order chi connectivity index (χ1) is 14.4. The zero-order valence-corrected chi connectivity index (χ0v) is 15.8. The van der Waals surface area contributed by atoms with Gasteiger partial charge in [-0.15, -0.1) is 0 Å². The number of benzene rings is 1. The number of aromatic nitrogens is 5. The molecule has 0 saturated carbocycles. The molecular formula is C19H18F3N7O. The molecule has 1 N–H and O–H groups in total. The molecule has 0 unspecified atom stereocenters. The molecule has 30 heavy (non-hydrogen) atoms. The summed E-state index contributed by atoms with van der Waals surface area (Å²) >= 11 is 0. The van der Waals surface area contributed by atoms with Crippen molar-refractivity contribution in [3.8, 4) is 5.69 Å². The number of carbonyl (C=O) groups excluding carboxylic acids is 1. The number of hydrogen-bond acceptors (Lipinski definition) is 6. The Hall–Kier alpha value is -3.50. The molecule has 1 saturated heterocycles. The number of hydrogen-bond donors (Lipinski definition) is 1. The third kappa shape index (κ3) is 4.24. The van der Waals surface area contributed by atoms with E-state index in [-0.39, 0.29) is 17.8 Å². The van der Waals surface area contributed by atoms with Crippen molar-refractivity contribution in [2.75, 3.05) is 18.4 Å². The summed E-state index contributed by atoms with van der Waals surface area (Å²) in [5, 5.41) is 11.3. The van der Waals surface area contributed by atoms with Gasteiger partial charge in [0.15, 0.2) is 5.69 Å². The van der Waals surface area contributed by atoms with Crippen LogP contribution < -0.4 is 5.32 Å². The third-order valence-corrected chi connectivity index (χ3v) is 4.77. The van der Waals surface area contributed by atoms with Gasteiger partial charge < -0.3 is 10.2 Å². The van der Waals surface area contributed by atoms with Crippen LogP contribution in [0.25, 0.3) is 5.69 Å². The molecule has 8 nitrogen and oxygen atoms in total. The lowest BCUT2D eigenvalue weighted by Crippen LogP contribution is -2.45. The molecule has 1 aliphatic heterocycles. The number of piperidine rings is 1. The van der Waals surface area contributed by atoms with E-state index in [4.69, 9.17) is 0 Å². The second-order valence-corrected chi connectivity index (χ2v) is 6.85. The highest BCUT2D eigenvalue weighted by molar-refractivity contribution is 5.97. The summed E-state index contributed by atoms with van der Waals surface area (Å²) in [4.78, 5) is 23.5. The molecule has 1 atom stereocenters. The zero-order chi connectivity index (χ0) is 21.1. The van der Waals surface area contributed by atoms with E-state index >= 15 is 0 Å². The Balaban J connectivity index is 1.46. The molecule has 3 aromatic rings. The van der Waals surface area contributed by atoms with Gasteiger partial charge in [0, 0.05) is 19.1 Å². The van der Waals surface area contributed by atoms with Crippen molar-refractivity contribution in [1.29, 1.82) is 0 Å². The number of para-hydroxylation sites is 1. The first kappa shape index (κ1) is 19.8. The highest BCUT2D eigenvalue weighted by atomic mass is 19.4. The maximum absolute atomic E-state index is 13.1. The Morgan fingerprint density at radius 3 is 2.57 bits per heavy atom. The average molecular weight is 417 g/mol. The lowest BCUT2D eigenvalue weighted by atomic mass is 10.0. The fourth-order valence-corrected chi connectivity index (χ4v) is 3.38. The van der Waals surface area contributed by atoms with Crippen LogP contribution in [0.1, 0.15) is 28.9 Å². The van der Waals surface area contributed by atoms with Crippen molar-refractivity contribution in [2.24, 2.45) is 0 Å². The van der Waals surface area contributed by atoms with E-state index in [1.165, 1.54) is 17.2 Å². The fourth-order valence-electron chi connectivity index (χ4n) is 3.38. The van der Waals surface area contributed by atoms with Gasteiger partial charge in [0.2, 0.25) is 0 Å². The number of nitrogens with zero attached hydrogens (tertiary/aromatic N) is 6. The molecular weight excluding hydrogens is 399 g/mol. The number of anilines is 1. The van der Waals surface area contributed by atoms with Crippen LogP contribution in [0.4, 0.5) is 19.0 Å². The summed E-state index contributed by atoms with van der Waals surface area (Å²) in [6.45, 7) is 0.971. The number of likely N-dealkylation sites (tertiary alicyclic amines) is 1. The number of rotatable bonds is 4. The normalized spacial score (nSPS) is 17.0.